The number of thiocarbonyl (C=S) groups is 1. The van der Waals surface area contributed by atoms with Crippen LogP contribution in [-0.2, 0) is 9.53 Å². The van der Waals surface area contributed by atoms with E-state index in [9.17, 15) is 20.1 Å². The quantitative estimate of drug-likeness (QED) is 0.273. The Morgan fingerprint density at radius 1 is 1.19 bits per heavy atom. The molecule has 0 spiro atoms. The van der Waals surface area contributed by atoms with E-state index in [4.69, 9.17) is 16.2 Å². The summed E-state index contributed by atoms with van der Waals surface area (Å²) in [5.74, 6) is -0.965. The molecule has 1 rings (SSSR count). The summed E-state index contributed by atoms with van der Waals surface area (Å²) < 4.78 is 4.94. The van der Waals surface area contributed by atoms with Crippen molar-refractivity contribution in [2.75, 3.05) is 0 Å². The van der Waals surface area contributed by atoms with E-state index >= 15 is 0 Å². The van der Waals surface area contributed by atoms with Gasteiger partial charge in [-0.1, -0.05) is 0 Å². The Morgan fingerprint density at radius 3 is 2.19 bits per heavy atom. The van der Waals surface area contributed by atoms with Gasteiger partial charge in [-0.05, 0) is 12.2 Å². The maximum Gasteiger partial charge on any atom is 0.249 e. The number of hydrogen-bond acceptors (Lipinski definition) is 6. The van der Waals surface area contributed by atoms with Crippen LogP contribution in [0.2, 0.25) is 0 Å². The maximum absolute atomic E-state index is 10.9. The van der Waals surface area contributed by atoms with Gasteiger partial charge in [0.05, 0.1) is 0 Å². The Morgan fingerprint density at radius 2 is 1.75 bits per heavy atom. The highest BCUT2D eigenvalue weighted by atomic mass is 32.1. The number of rotatable bonds is 2. The Balaban J connectivity index is 2.80. The predicted molar refractivity (Wildman–Crippen MR) is 55.8 cm³/mol. The van der Waals surface area contributed by atoms with Crippen LogP contribution >= 0.6 is 12.2 Å². The van der Waals surface area contributed by atoms with Crippen molar-refractivity contribution in [3.05, 3.63) is 0 Å². The molecule has 0 radical (unpaired) electrons. The molecule has 0 aromatic carbocycles. The van der Waals surface area contributed by atoms with Gasteiger partial charge in [0.1, 0.15) is 18.3 Å². The molecule has 1 aliphatic heterocycles. The van der Waals surface area contributed by atoms with E-state index in [2.05, 4.69) is 17.5 Å². The lowest BCUT2D eigenvalue weighted by molar-refractivity contribution is -0.222. The summed E-state index contributed by atoms with van der Waals surface area (Å²) in [6.07, 6.45) is -7.30. The first kappa shape index (κ1) is 13.1. The fraction of sp³-hybridized carbons (Fsp3) is 0.714. The second-order valence-corrected chi connectivity index (χ2v) is 3.80. The fourth-order valence-corrected chi connectivity index (χ4v) is 1.49. The van der Waals surface area contributed by atoms with Gasteiger partial charge in [-0.25, -0.2) is 0 Å². The average Bonchev–Trinajstić information content (AvgIpc) is 2.18. The molecular weight excluding hydrogens is 238 g/mol. The highest BCUT2D eigenvalue weighted by Gasteiger charge is 2.46. The van der Waals surface area contributed by atoms with Gasteiger partial charge in [0, 0.05) is 0 Å². The van der Waals surface area contributed by atoms with Crippen molar-refractivity contribution in [1.82, 2.24) is 5.32 Å². The van der Waals surface area contributed by atoms with Gasteiger partial charge in [0.25, 0.3) is 0 Å². The number of aliphatic hydroxyl groups excluding tert-OH is 3. The van der Waals surface area contributed by atoms with Crippen molar-refractivity contribution < 1.29 is 24.9 Å². The predicted octanol–water partition coefficient (Wildman–Crippen LogP) is -3.89. The third kappa shape index (κ3) is 2.57. The first-order valence-electron chi connectivity index (χ1n) is 4.39. The molecule has 8 N–H and O–H groups in total. The topological polar surface area (TPSA) is 151 Å². The van der Waals surface area contributed by atoms with Crippen LogP contribution in [0.3, 0.4) is 0 Å². The minimum atomic E-state index is -1.60. The van der Waals surface area contributed by atoms with Crippen LogP contribution in [0.1, 0.15) is 0 Å². The van der Waals surface area contributed by atoms with Crippen molar-refractivity contribution in [2.24, 2.45) is 11.5 Å². The zero-order valence-corrected chi connectivity index (χ0v) is 8.92. The lowest BCUT2D eigenvalue weighted by atomic mass is 9.98. The zero-order valence-electron chi connectivity index (χ0n) is 8.11. The van der Waals surface area contributed by atoms with Crippen LogP contribution in [-0.4, -0.2) is 57.0 Å². The molecular formula is C7H13N3O5S. The molecule has 1 heterocycles. The van der Waals surface area contributed by atoms with Gasteiger partial charge < -0.3 is 36.8 Å². The first-order valence-corrected chi connectivity index (χ1v) is 4.80. The molecule has 9 heteroatoms. The van der Waals surface area contributed by atoms with Crippen molar-refractivity contribution >= 4 is 23.2 Å². The third-order valence-electron chi connectivity index (χ3n) is 2.18. The number of nitrogens with one attached hydrogen (secondary N) is 1. The van der Waals surface area contributed by atoms with E-state index in [0.29, 0.717) is 0 Å². The Hall–Kier alpha value is -1.00. The summed E-state index contributed by atoms with van der Waals surface area (Å²) >= 11 is 4.52. The van der Waals surface area contributed by atoms with E-state index in [0.717, 1.165) is 0 Å². The molecule has 0 saturated carbocycles. The summed E-state index contributed by atoms with van der Waals surface area (Å²) in [5.41, 5.74) is 10.1. The van der Waals surface area contributed by atoms with Crippen LogP contribution in [0.4, 0.5) is 0 Å². The van der Waals surface area contributed by atoms with Crippen LogP contribution in [0.15, 0.2) is 0 Å². The van der Waals surface area contributed by atoms with Crippen molar-refractivity contribution in [3.63, 3.8) is 0 Å². The minimum Gasteiger partial charge on any atom is -0.387 e. The molecule has 1 amide bonds. The number of nitrogens with two attached hydrogens (primary N) is 2. The highest BCUT2D eigenvalue weighted by Crippen LogP contribution is 2.19. The lowest BCUT2D eigenvalue weighted by Crippen LogP contribution is -2.65. The Labute approximate surface area is 96.2 Å². The van der Waals surface area contributed by atoms with E-state index in [1.54, 1.807) is 0 Å². The van der Waals surface area contributed by atoms with Gasteiger partial charge in [-0.3, -0.25) is 4.79 Å². The van der Waals surface area contributed by atoms with Gasteiger partial charge >= 0.3 is 0 Å². The zero-order chi connectivity index (χ0) is 12.5. The largest absolute Gasteiger partial charge is 0.387 e. The van der Waals surface area contributed by atoms with Gasteiger partial charge in [-0.15, -0.1) is 0 Å². The molecule has 92 valence electrons. The standard InChI is InChI=1S/C7H13N3O5S/c8-5(14)4-2(12)1(11)3(13)6(15-4)10-7(9)16/h1-4,6,11-13H,(H2,8,14)(H3,9,10,16)/t1-,2-,3+,4-,6+/m0/s1. The SMILES string of the molecule is NC(=O)[C@H]1O[C@@H](NC(N)=S)[C@H](O)[C@@H](O)[C@@H]1O. The van der Waals surface area contributed by atoms with Gasteiger partial charge in [-0.2, -0.15) is 0 Å². The summed E-state index contributed by atoms with van der Waals surface area (Å²) in [6, 6.07) is 0. The van der Waals surface area contributed by atoms with E-state index in [-0.39, 0.29) is 5.11 Å². The van der Waals surface area contributed by atoms with E-state index in [1.165, 1.54) is 0 Å². The maximum atomic E-state index is 10.9. The monoisotopic (exact) mass is 251 g/mol. The Kier molecular flexibility index (Phi) is 3.99. The fourth-order valence-electron chi connectivity index (χ4n) is 1.37. The molecule has 0 aromatic heterocycles. The molecule has 5 atom stereocenters. The highest BCUT2D eigenvalue weighted by molar-refractivity contribution is 7.80. The lowest BCUT2D eigenvalue weighted by Gasteiger charge is -2.39. The van der Waals surface area contributed by atoms with Crippen molar-refractivity contribution in [3.8, 4) is 0 Å². The normalized spacial score (nSPS) is 39.1. The van der Waals surface area contributed by atoms with Crippen molar-refractivity contribution in [1.29, 1.82) is 0 Å². The van der Waals surface area contributed by atoms with Crippen LogP contribution < -0.4 is 16.8 Å². The Bertz CT molecular complexity index is 300. The van der Waals surface area contributed by atoms with Crippen molar-refractivity contribution in [2.45, 2.75) is 30.6 Å². The molecule has 0 bridgehead atoms. The van der Waals surface area contributed by atoms with Crippen LogP contribution in [0.5, 0.6) is 0 Å². The smallest absolute Gasteiger partial charge is 0.249 e. The average molecular weight is 251 g/mol. The number of hydrogen-bond donors (Lipinski definition) is 6. The summed E-state index contributed by atoms with van der Waals surface area (Å²) in [5, 5.41) is 30.5. The molecule has 1 aliphatic rings. The first-order chi connectivity index (χ1) is 7.34. The molecule has 16 heavy (non-hydrogen) atoms. The van der Waals surface area contributed by atoms with Crippen LogP contribution in [0.25, 0.3) is 0 Å². The number of primary amides is 1. The third-order valence-corrected chi connectivity index (χ3v) is 2.30. The van der Waals surface area contributed by atoms with Gasteiger partial charge in [0.15, 0.2) is 17.4 Å². The number of ether oxygens (including phenoxy) is 1. The summed E-state index contributed by atoms with van der Waals surface area (Å²) in [7, 11) is 0. The van der Waals surface area contributed by atoms with E-state index in [1.807, 2.05) is 0 Å². The number of amides is 1. The molecule has 0 aliphatic carbocycles. The second kappa shape index (κ2) is 4.89. The summed E-state index contributed by atoms with van der Waals surface area (Å²) in [4.78, 5) is 10.9. The molecule has 8 nitrogen and oxygen atoms in total. The van der Waals surface area contributed by atoms with Gasteiger partial charge in [0.2, 0.25) is 5.91 Å². The molecule has 1 saturated heterocycles. The second-order valence-electron chi connectivity index (χ2n) is 3.36. The van der Waals surface area contributed by atoms with E-state index < -0.39 is 36.6 Å². The molecule has 1 fully saturated rings. The number of carbonyl (C=O) groups excluding carboxylic acids is 1. The minimum absolute atomic E-state index is 0.184. The summed E-state index contributed by atoms with van der Waals surface area (Å²) in [6.45, 7) is 0. The number of carbonyl (C=O) groups is 1. The molecule has 0 unspecified atom stereocenters. The number of aliphatic hydroxyl groups is 3. The molecule has 0 aromatic rings. The van der Waals surface area contributed by atoms with Crippen LogP contribution in [0, 0.1) is 0 Å².